The molecule has 2 heteroatoms. The number of hydrogen-bond acceptors (Lipinski definition) is 2. The van der Waals surface area contributed by atoms with Crippen molar-refractivity contribution in [3.63, 3.8) is 0 Å². The molecule has 1 nitrogen and oxygen atoms in total. The average Bonchev–Trinajstić information content (AvgIpc) is 2.43. The molecule has 1 aliphatic carbocycles. The Balaban J connectivity index is 2.02. The third-order valence-corrected chi connectivity index (χ3v) is 4.14. The molecule has 1 rings (SSSR count). The molecule has 0 aromatic rings. The predicted octanol–water partition coefficient (Wildman–Crippen LogP) is 3.46. The molecule has 0 amide bonds. The van der Waals surface area contributed by atoms with Gasteiger partial charge < -0.3 is 5.32 Å². The van der Waals surface area contributed by atoms with Crippen molar-refractivity contribution in [2.24, 2.45) is 5.92 Å². The predicted molar refractivity (Wildman–Crippen MR) is 71.6 cm³/mol. The zero-order valence-electron chi connectivity index (χ0n) is 10.0. The summed E-state index contributed by atoms with van der Waals surface area (Å²) in [5.74, 6) is 3.26. The van der Waals surface area contributed by atoms with Crippen LogP contribution in [0.1, 0.15) is 39.0 Å². The van der Waals surface area contributed by atoms with Crippen LogP contribution in [0.25, 0.3) is 0 Å². The highest BCUT2D eigenvalue weighted by molar-refractivity contribution is 7.99. The highest BCUT2D eigenvalue weighted by atomic mass is 32.2. The molecule has 0 bridgehead atoms. The van der Waals surface area contributed by atoms with Crippen LogP contribution < -0.4 is 5.32 Å². The maximum absolute atomic E-state index is 3.73. The molecule has 0 radical (unpaired) electrons. The van der Waals surface area contributed by atoms with Crippen molar-refractivity contribution in [2.45, 2.75) is 45.1 Å². The van der Waals surface area contributed by atoms with Crippen molar-refractivity contribution in [3.8, 4) is 0 Å². The third kappa shape index (κ3) is 6.26. The Morgan fingerprint density at radius 3 is 3.00 bits per heavy atom. The summed E-state index contributed by atoms with van der Waals surface area (Å²) in [6, 6.07) is 0.791. The van der Waals surface area contributed by atoms with Crippen molar-refractivity contribution in [3.05, 3.63) is 12.7 Å². The molecule has 0 aromatic carbocycles. The summed E-state index contributed by atoms with van der Waals surface area (Å²) < 4.78 is 0. The van der Waals surface area contributed by atoms with Crippen LogP contribution in [0.4, 0.5) is 0 Å². The molecular weight excluding hydrogens is 202 g/mol. The zero-order chi connectivity index (χ0) is 10.9. The van der Waals surface area contributed by atoms with Crippen molar-refractivity contribution < 1.29 is 0 Å². The normalized spacial score (nSPS) is 27.3. The lowest BCUT2D eigenvalue weighted by atomic mass is 10.0. The fourth-order valence-corrected chi connectivity index (χ4v) is 2.79. The molecule has 1 fully saturated rings. The van der Waals surface area contributed by atoms with Crippen molar-refractivity contribution in [1.82, 2.24) is 5.32 Å². The zero-order valence-corrected chi connectivity index (χ0v) is 10.8. The average molecular weight is 227 g/mol. The van der Waals surface area contributed by atoms with E-state index < -0.39 is 0 Å². The largest absolute Gasteiger partial charge is 0.313 e. The van der Waals surface area contributed by atoms with E-state index in [0.717, 1.165) is 24.3 Å². The van der Waals surface area contributed by atoms with Crippen LogP contribution >= 0.6 is 11.8 Å². The quantitative estimate of drug-likeness (QED) is 0.424. The molecule has 0 heterocycles. The molecule has 1 aliphatic rings. The lowest BCUT2D eigenvalue weighted by molar-refractivity contribution is 0.459. The topological polar surface area (TPSA) is 12.0 Å². The summed E-state index contributed by atoms with van der Waals surface area (Å²) >= 11 is 1.97. The van der Waals surface area contributed by atoms with Crippen LogP contribution in [0, 0.1) is 5.92 Å². The number of thioether (sulfide) groups is 1. The summed E-state index contributed by atoms with van der Waals surface area (Å²) in [4.78, 5) is 0. The number of hydrogen-bond donors (Lipinski definition) is 1. The lowest BCUT2D eigenvalue weighted by Gasteiger charge is -2.15. The highest BCUT2D eigenvalue weighted by Crippen LogP contribution is 2.22. The Kier molecular flexibility index (Phi) is 7.20. The van der Waals surface area contributed by atoms with Gasteiger partial charge in [-0.05, 0) is 25.2 Å². The van der Waals surface area contributed by atoms with Gasteiger partial charge in [0.2, 0.25) is 0 Å². The fourth-order valence-electron chi connectivity index (χ4n) is 2.19. The maximum Gasteiger partial charge on any atom is 0.0111 e. The molecule has 0 aliphatic heterocycles. The monoisotopic (exact) mass is 227 g/mol. The molecule has 1 N–H and O–H groups in total. The van der Waals surface area contributed by atoms with Crippen LogP contribution in [-0.2, 0) is 0 Å². The van der Waals surface area contributed by atoms with Gasteiger partial charge in [-0.1, -0.05) is 25.8 Å². The second-order valence-electron chi connectivity index (χ2n) is 4.63. The molecule has 2 atom stereocenters. The van der Waals surface area contributed by atoms with Gasteiger partial charge in [0, 0.05) is 24.1 Å². The van der Waals surface area contributed by atoms with Crippen LogP contribution in [0.3, 0.4) is 0 Å². The second-order valence-corrected chi connectivity index (χ2v) is 5.78. The van der Waals surface area contributed by atoms with Crippen molar-refractivity contribution >= 4 is 11.8 Å². The summed E-state index contributed by atoms with van der Waals surface area (Å²) in [7, 11) is 0. The first-order chi connectivity index (χ1) is 7.33. The van der Waals surface area contributed by atoms with E-state index in [1.807, 2.05) is 17.8 Å². The second kappa shape index (κ2) is 8.23. The maximum atomic E-state index is 3.73. The third-order valence-electron chi connectivity index (χ3n) is 3.17. The first-order valence-corrected chi connectivity index (χ1v) is 7.40. The van der Waals surface area contributed by atoms with E-state index in [4.69, 9.17) is 0 Å². The van der Waals surface area contributed by atoms with Gasteiger partial charge in [0.15, 0.2) is 0 Å². The van der Waals surface area contributed by atoms with Gasteiger partial charge in [0.1, 0.15) is 0 Å². The summed E-state index contributed by atoms with van der Waals surface area (Å²) in [5, 5.41) is 3.69. The van der Waals surface area contributed by atoms with E-state index in [0.29, 0.717) is 0 Å². The van der Waals surface area contributed by atoms with Crippen LogP contribution in [0.5, 0.6) is 0 Å². The van der Waals surface area contributed by atoms with E-state index in [9.17, 15) is 0 Å². The van der Waals surface area contributed by atoms with Gasteiger partial charge in [0.05, 0.1) is 0 Å². The molecule has 88 valence electrons. The van der Waals surface area contributed by atoms with Crippen molar-refractivity contribution in [2.75, 3.05) is 18.1 Å². The number of rotatable bonds is 6. The van der Waals surface area contributed by atoms with Gasteiger partial charge in [-0.3, -0.25) is 0 Å². The molecule has 2 unspecified atom stereocenters. The Bertz CT molecular complexity index is 170. The fraction of sp³-hybridized carbons (Fsp3) is 0.846. The first-order valence-electron chi connectivity index (χ1n) is 6.25. The Morgan fingerprint density at radius 2 is 2.20 bits per heavy atom. The van der Waals surface area contributed by atoms with E-state index in [2.05, 4.69) is 18.8 Å². The van der Waals surface area contributed by atoms with E-state index in [1.54, 1.807) is 0 Å². The minimum absolute atomic E-state index is 0.791. The van der Waals surface area contributed by atoms with Gasteiger partial charge in [-0.15, -0.1) is 6.58 Å². The van der Waals surface area contributed by atoms with Crippen LogP contribution in [-0.4, -0.2) is 24.1 Å². The summed E-state index contributed by atoms with van der Waals surface area (Å²) in [6.45, 7) is 7.28. The lowest BCUT2D eigenvalue weighted by Crippen LogP contribution is -2.30. The molecule has 15 heavy (non-hydrogen) atoms. The van der Waals surface area contributed by atoms with E-state index >= 15 is 0 Å². The van der Waals surface area contributed by atoms with Gasteiger partial charge in [-0.2, -0.15) is 11.8 Å². The summed E-state index contributed by atoms with van der Waals surface area (Å²) in [5.41, 5.74) is 0. The highest BCUT2D eigenvalue weighted by Gasteiger charge is 2.14. The van der Waals surface area contributed by atoms with Crippen LogP contribution in [0.15, 0.2) is 12.7 Å². The number of nitrogens with one attached hydrogen (secondary N) is 1. The van der Waals surface area contributed by atoms with Gasteiger partial charge in [0.25, 0.3) is 0 Å². The Morgan fingerprint density at radius 1 is 1.33 bits per heavy atom. The smallest absolute Gasteiger partial charge is 0.0111 e. The first kappa shape index (κ1) is 13.1. The van der Waals surface area contributed by atoms with Gasteiger partial charge in [-0.25, -0.2) is 0 Å². The Hall–Kier alpha value is 0.0500. The minimum Gasteiger partial charge on any atom is -0.313 e. The SMILES string of the molecule is C=CCSCCNC1CCCC(C)CC1. The molecule has 0 saturated heterocycles. The summed E-state index contributed by atoms with van der Waals surface area (Å²) in [6.07, 6.45) is 9.02. The van der Waals surface area contributed by atoms with E-state index in [-0.39, 0.29) is 0 Å². The molecule has 1 saturated carbocycles. The van der Waals surface area contributed by atoms with Crippen LogP contribution in [0.2, 0.25) is 0 Å². The van der Waals surface area contributed by atoms with E-state index in [1.165, 1.54) is 37.9 Å². The standard InChI is InChI=1S/C13H25NS/c1-3-10-15-11-9-14-13-6-4-5-12(2)7-8-13/h3,12-14H,1,4-11H2,2H3. The van der Waals surface area contributed by atoms with Gasteiger partial charge >= 0.3 is 0 Å². The minimum atomic E-state index is 0.791. The molecular formula is C13H25NS. The molecule has 0 spiro atoms. The Labute approximate surface area is 99.1 Å². The molecule has 0 aromatic heterocycles. The van der Waals surface area contributed by atoms with Crippen molar-refractivity contribution in [1.29, 1.82) is 0 Å².